The Morgan fingerprint density at radius 3 is 2.70 bits per heavy atom. The van der Waals surface area contributed by atoms with Crippen molar-refractivity contribution in [2.45, 2.75) is 58.1 Å². The van der Waals surface area contributed by atoms with Crippen LogP contribution in [0.2, 0.25) is 0 Å². The Labute approximate surface area is 124 Å². The smallest absolute Gasteiger partial charge is 0.0583 e. The molecule has 0 aromatic rings. The third-order valence-corrected chi connectivity index (χ3v) is 6.41. The molecule has 0 amide bonds. The summed E-state index contributed by atoms with van der Waals surface area (Å²) in [5, 5.41) is 13.7. The molecule has 3 nitrogen and oxygen atoms in total. The molecule has 1 saturated heterocycles. The SMILES string of the molecule is CNC1C(CN2CC3CCC(O)C3C2)CCCC1(C)C. The summed E-state index contributed by atoms with van der Waals surface area (Å²) in [5.41, 5.74) is 0.423. The van der Waals surface area contributed by atoms with Gasteiger partial charge >= 0.3 is 0 Å². The molecule has 2 N–H and O–H groups in total. The number of likely N-dealkylation sites (tertiary alicyclic amines) is 1. The van der Waals surface area contributed by atoms with E-state index in [1.807, 2.05) is 0 Å². The lowest BCUT2D eigenvalue weighted by Crippen LogP contribution is -2.51. The lowest BCUT2D eigenvalue weighted by molar-refractivity contribution is 0.0814. The van der Waals surface area contributed by atoms with Gasteiger partial charge in [0.1, 0.15) is 0 Å². The van der Waals surface area contributed by atoms with Crippen molar-refractivity contribution in [3.8, 4) is 0 Å². The van der Waals surface area contributed by atoms with E-state index in [4.69, 9.17) is 0 Å². The summed E-state index contributed by atoms with van der Waals surface area (Å²) in [6.07, 6.45) is 6.35. The van der Waals surface area contributed by atoms with Crippen LogP contribution in [0.5, 0.6) is 0 Å². The first-order valence-corrected chi connectivity index (χ1v) is 8.59. The van der Waals surface area contributed by atoms with E-state index >= 15 is 0 Å². The first-order chi connectivity index (χ1) is 9.51. The molecule has 5 unspecified atom stereocenters. The summed E-state index contributed by atoms with van der Waals surface area (Å²) >= 11 is 0. The highest BCUT2D eigenvalue weighted by Gasteiger charge is 2.44. The van der Waals surface area contributed by atoms with Crippen LogP contribution in [-0.2, 0) is 0 Å². The number of nitrogens with zero attached hydrogens (tertiary/aromatic N) is 1. The van der Waals surface area contributed by atoms with E-state index < -0.39 is 0 Å². The van der Waals surface area contributed by atoms with E-state index in [9.17, 15) is 5.11 Å². The highest BCUT2D eigenvalue weighted by molar-refractivity contribution is 4.97. The molecule has 2 saturated carbocycles. The van der Waals surface area contributed by atoms with Gasteiger partial charge in [0.2, 0.25) is 0 Å². The quantitative estimate of drug-likeness (QED) is 0.831. The normalized spacial score (nSPS) is 44.7. The summed E-state index contributed by atoms with van der Waals surface area (Å²) in [5.74, 6) is 2.12. The molecular formula is C17H32N2O. The fourth-order valence-electron chi connectivity index (χ4n) is 5.41. The molecule has 3 rings (SSSR count). The summed E-state index contributed by atoms with van der Waals surface area (Å²) in [7, 11) is 2.13. The predicted octanol–water partition coefficient (Wildman–Crippen LogP) is 2.10. The third kappa shape index (κ3) is 2.65. The maximum atomic E-state index is 10.1. The Balaban J connectivity index is 1.60. The van der Waals surface area contributed by atoms with Crippen LogP contribution < -0.4 is 5.32 Å². The second-order valence-corrected chi connectivity index (χ2v) is 8.19. The van der Waals surface area contributed by atoms with Crippen molar-refractivity contribution < 1.29 is 5.11 Å². The number of fused-ring (bicyclic) bond motifs is 1. The van der Waals surface area contributed by atoms with Crippen LogP contribution in [0.15, 0.2) is 0 Å². The largest absolute Gasteiger partial charge is 0.393 e. The van der Waals surface area contributed by atoms with Crippen molar-refractivity contribution in [3.05, 3.63) is 0 Å². The van der Waals surface area contributed by atoms with Crippen molar-refractivity contribution in [3.63, 3.8) is 0 Å². The van der Waals surface area contributed by atoms with Crippen LogP contribution in [0, 0.1) is 23.2 Å². The van der Waals surface area contributed by atoms with Crippen LogP contribution in [0.25, 0.3) is 0 Å². The first kappa shape index (κ1) is 14.8. The van der Waals surface area contributed by atoms with Gasteiger partial charge in [-0.05, 0) is 50.0 Å². The first-order valence-electron chi connectivity index (χ1n) is 8.59. The lowest BCUT2D eigenvalue weighted by atomic mass is 9.68. The fraction of sp³-hybridized carbons (Fsp3) is 1.00. The molecule has 3 heteroatoms. The van der Waals surface area contributed by atoms with Gasteiger partial charge in [-0.1, -0.05) is 20.3 Å². The van der Waals surface area contributed by atoms with Gasteiger partial charge in [-0.3, -0.25) is 0 Å². The zero-order chi connectivity index (χ0) is 14.3. The van der Waals surface area contributed by atoms with Crippen molar-refractivity contribution in [1.29, 1.82) is 0 Å². The van der Waals surface area contributed by atoms with E-state index in [0.717, 1.165) is 24.8 Å². The summed E-state index contributed by atoms with van der Waals surface area (Å²) < 4.78 is 0. The van der Waals surface area contributed by atoms with Gasteiger partial charge in [0, 0.05) is 31.6 Å². The molecule has 0 aromatic carbocycles. The van der Waals surface area contributed by atoms with Crippen LogP contribution in [0.3, 0.4) is 0 Å². The van der Waals surface area contributed by atoms with Crippen LogP contribution >= 0.6 is 0 Å². The molecule has 0 radical (unpaired) electrons. The number of hydrogen-bond acceptors (Lipinski definition) is 3. The molecule has 0 aromatic heterocycles. The minimum absolute atomic E-state index is 0.0205. The van der Waals surface area contributed by atoms with Gasteiger partial charge in [-0.15, -0.1) is 0 Å². The van der Waals surface area contributed by atoms with Gasteiger partial charge in [-0.25, -0.2) is 0 Å². The van der Waals surface area contributed by atoms with Crippen molar-refractivity contribution in [2.75, 3.05) is 26.7 Å². The number of aliphatic hydroxyl groups excluding tert-OH is 1. The lowest BCUT2D eigenvalue weighted by Gasteiger charge is -2.45. The van der Waals surface area contributed by atoms with Crippen molar-refractivity contribution in [1.82, 2.24) is 10.2 Å². The molecule has 3 aliphatic rings. The molecule has 20 heavy (non-hydrogen) atoms. The standard InChI is InChI=1S/C17H32N2O/c1-17(2)8-4-5-13(16(17)18-3)10-19-9-12-6-7-15(20)14(12)11-19/h12-16,18,20H,4-11H2,1-3H3. The zero-order valence-electron chi connectivity index (χ0n) is 13.4. The van der Waals surface area contributed by atoms with E-state index in [0.29, 0.717) is 17.4 Å². The average Bonchev–Trinajstić information content (AvgIpc) is 2.91. The second-order valence-electron chi connectivity index (χ2n) is 8.19. The van der Waals surface area contributed by atoms with Gasteiger partial charge in [0.25, 0.3) is 0 Å². The molecule has 0 bridgehead atoms. The monoisotopic (exact) mass is 280 g/mol. The molecule has 1 aliphatic heterocycles. The van der Waals surface area contributed by atoms with Crippen molar-refractivity contribution >= 4 is 0 Å². The van der Waals surface area contributed by atoms with Crippen LogP contribution in [0.4, 0.5) is 0 Å². The second kappa shape index (κ2) is 5.58. The number of nitrogens with one attached hydrogen (secondary N) is 1. The fourth-order valence-corrected chi connectivity index (χ4v) is 5.41. The van der Waals surface area contributed by atoms with E-state index in [-0.39, 0.29) is 6.10 Å². The van der Waals surface area contributed by atoms with Crippen LogP contribution in [-0.4, -0.2) is 48.8 Å². The Bertz CT molecular complexity index is 344. The van der Waals surface area contributed by atoms with Gasteiger partial charge in [0.05, 0.1) is 6.10 Å². The van der Waals surface area contributed by atoms with E-state index in [1.54, 1.807) is 0 Å². The summed E-state index contributed by atoms with van der Waals surface area (Å²) in [6, 6.07) is 0.640. The molecule has 2 aliphatic carbocycles. The topological polar surface area (TPSA) is 35.5 Å². The Hall–Kier alpha value is -0.120. The zero-order valence-corrected chi connectivity index (χ0v) is 13.4. The van der Waals surface area contributed by atoms with Crippen LogP contribution in [0.1, 0.15) is 46.0 Å². The molecule has 5 atom stereocenters. The van der Waals surface area contributed by atoms with E-state index in [2.05, 4.69) is 31.1 Å². The molecular weight excluding hydrogens is 248 g/mol. The number of hydrogen-bond donors (Lipinski definition) is 2. The average molecular weight is 280 g/mol. The Morgan fingerprint density at radius 1 is 1.20 bits per heavy atom. The maximum absolute atomic E-state index is 10.1. The minimum Gasteiger partial charge on any atom is -0.393 e. The highest BCUT2D eigenvalue weighted by atomic mass is 16.3. The third-order valence-electron chi connectivity index (χ3n) is 6.41. The molecule has 116 valence electrons. The van der Waals surface area contributed by atoms with E-state index in [1.165, 1.54) is 38.8 Å². The molecule has 0 spiro atoms. The summed E-state index contributed by atoms with van der Waals surface area (Å²) in [6.45, 7) is 8.44. The Morgan fingerprint density at radius 2 is 2.00 bits per heavy atom. The predicted molar refractivity (Wildman–Crippen MR) is 82.6 cm³/mol. The number of aliphatic hydroxyl groups is 1. The maximum Gasteiger partial charge on any atom is 0.0583 e. The number of rotatable bonds is 3. The van der Waals surface area contributed by atoms with Gasteiger partial charge in [-0.2, -0.15) is 0 Å². The molecule has 1 heterocycles. The Kier molecular flexibility index (Phi) is 4.13. The summed E-state index contributed by atoms with van der Waals surface area (Å²) in [4.78, 5) is 2.65. The minimum atomic E-state index is -0.0205. The van der Waals surface area contributed by atoms with Crippen molar-refractivity contribution in [2.24, 2.45) is 23.2 Å². The van der Waals surface area contributed by atoms with Gasteiger partial charge in [0.15, 0.2) is 0 Å². The molecule has 3 fully saturated rings. The highest BCUT2D eigenvalue weighted by Crippen LogP contribution is 2.42. The van der Waals surface area contributed by atoms with Gasteiger partial charge < -0.3 is 15.3 Å².